The molecule has 0 spiro atoms. The van der Waals surface area contributed by atoms with E-state index in [1.54, 1.807) is 6.92 Å². The highest BCUT2D eigenvalue weighted by Gasteiger charge is 2.30. The van der Waals surface area contributed by atoms with Gasteiger partial charge in [0, 0.05) is 36.6 Å². The fourth-order valence-corrected chi connectivity index (χ4v) is 7.46. The van der Waals surface area contributed by atoms with Crippen LogP contribution in [-0.4, -0.2) is 62.3 Å². The summed E-state index contributed by atoms with van der Waals surface area (Å²) in [6.45, 7) is 15.4. The molecular formula is C27H39N3O5S2. The lowest BCUT2D eigenvalue weighted by molar-refractivity contribution is 0.0526. The van der Waals surface area contributed by atoms with Crippen LogP contribution in [0, 0.1) is 11.8 Å². The number of thiophene rings is 1. The van der Waals surface area contributed by atoms with Crippen molar-refractivity contribution in [3.05, 3.63) is 45.8 Å². The Kier molecular flexibility index (Phi) is 9.91. The third kappa shape index (κ3) is 6.98. The van der Waals surface area contributed by atoms with Gasteiger partial charge in [0.05, 0.1) is 17.1 Å². The summed E-state index contributed by atoms with van der Waals surface area (Å²) < 4.78 is 33.4. The number of ether oxygens (including phenoxy) is 1. The lowest BCUT2D eigenvalue weighted by Gasteiger charge is -2.25. The maximum Gasteiger partial charge on any atom is 0.341 e. The van der Waals surface area contributed by atoms with Crippen LogP contribution in [-0.2, 0) is 27.7 Å². The summed E-state index contributed by atoms with van der Waals surface area (Å²) >= 11 is 1.40. The predicted molar refractivity (Wildman–Crippen MR) is 148 cm³/mol. The van der Waals surface area contributed by atoms with Crippen LogP contribution in [0.2, 0.25) is 0 Å². The molecule has 0 bridgehead atoms. The molecule has 10 heteroatoms. The molecule has 0 fully saturated rings. The minimum Gasteiger partial charge on any atom is -0.462 e. The number of esters is 1. The van der Waals surface area contributed by atoms with Gasteiger partial charge in [0.1, 0.15) is 5.00 Å². The average Bonchev–Trinajstić information content (AvgIpc) is 3.20. The topological polar surface area (TPSA) is 96.0 Å². The number of likely N-dealkylation sites (N-methyl/N-ethyl adjacent to an activating group) is 1. The number of nitrogens with zero attached hydrogens (tertiary/aromatic N) is 2. The van der Waals surface area contributed by atoms with Crippen molar-refractivity contribution in [1.29, 1.82) is 0 Å². The second-order valence-electron chi connectivity index (χ2n) is 10.1. The van der Waals surface area contributed by atoms with E-state index in [2.05, 4.69) is 17.1 Å². The van der Waals surface area contributed by atoms with Gasteiger partial charge in [0.15, 0.2) is 0 Å². The summed E-state index contributed by atoms with van der Waals surface area (Å²) in [4.78, 5) is 29.4. The van der Waals surface area contributed by atoms with Crippen LogP contribution in [0.15, 0.2) is 29.2 Å². The Bertz CT molecular complexity index is 1190. The van der Waals surface area contributed by atoms with E-state index in [4.69, 9.17) is 4.74 Å². The Labute approximate surface area is 225 Å². The summed E-state index contributed by atoms with van der Waals surface area (Å²) in [6.07, 6.45) is 0.722. The zero-order chi connectivity index (χ0) is 27.3. The Morgan fingerprint density at radius 1 is 1.08 bits per heavy atom. The van der Waals surface area contributed by atoms with E-state index < -0.39 is 21.9 Å². The molecule has 1 aliphatic heterocycles. The number of rotatable bonds is 11. The lowest BCUT2D eigenvalue weighted by atomic mass is 10.0. The van der Waals surface area contributed by atoms with Crippen molar-refractivity contribution in [2.24, 2.45) is 11.8 Å². The van der Waals surface area contributed by atoms with Crippen LogP contribution in [0.4, 0.5) is 5.00 Å². The van der Waals surface area contributed by atoms with Gasteiger partial charge in [-0.3, -0.25) is 9.69 Å². The molecule has 1 amide bonds. The number of benzene rings is 1. The molecule has 1 aromatic heterocycles. The molecule has 1 aliphatic rings. The molecule has 0 saturated heterocycles. The van der Waals surface area contributed by atoms with Gasteiger partial charge in [-0.2, -0.15) is 4.31 Å². The fourth-order valence-electron chi connectivity index (χ4n) is 4.42. The summed E-state index contributed by atoms with van der Waals surface area (Å²) in [7, 11) is -3.69. The first-order valence-corrected chi connectivity index (χ1v) is 15.2. The lowest BCUT2D eigenvalue weighted by Crippen LogP contribution is -2.37. The Morgan fingerprint density at radius 2 is 1.70 bits per heavy atom. The zero-order valence-corrected chi connectivity index (χ0v) is 24.3. The summed E-state index contributed by atoms with van der Waals surface area (Å²) in [5.41, 5.74) is 1.69. The molecule has 3 rings (SSSR count). The van der Waals surface area contributed by atoms with Gasteiger partial charge < -0.3 is 10.1 Å². The molecule has 204 valence electrons. The quantitative estimate of drug-likeness (QED) is 0.402. The van der Waals surface area contributed by atoms with Crippen LogP contribution in [0.3, 0.4) is 0 Å². The molecule has 0 atom stereocenters. The Hall–Kier alpha value is -2.27. The van der Waals surface area contributed by atoms with Gasteiger partial charge in [0.25, 0.3) is 5.91 Å². The fraction of sp³-hybridized carbons (Fsp3) is 0.556. The molecule has 8 nitrogen and oxygen atoms in total. The standard InChI is InChI=1S/C27H39N3O5S2/c1-7-29-14-13-22-23(17-29)36-26(24(22)27(32)35-8-2)28-25(31)20-9-11-21(12-10-20)37(33,34)30(15-18(3)4)16-19(5)6/h9-12,18-19H,7-8,13-17H2,1-6H3,(H,28,31). The van der Waals surface area contributed by atoms with Gasteiger partial charge in [0.2, 0.25) is 10.0 Å². The normalized spacial score (nSPS) is 14.3. The smallest absolute Gasteiger partial charge is 0.341 e. The van der Waals surface area contributed by atoms with E-state index in [0.29, 0.717) is 29.2 Å². The van der Waals surface area contributed by atoms with Gasteiger partial charge in [-0.1, -0.05) is 34.6 Å². The highest BCUT2D eigenvalue weighted by Crippen LogP contribution is 2.38. The van der Waals surface area contributed by atoms with Crippen LogP contribution < -0.4 is 5.32 Å². The van der Waals surface area contributed by atoms with Crippen molar-refractivity contribution >= 4 is 38.2 Å². The first-order valence-electron chi connectivity index (χ1n) is 12.9. The first-order chi connectivity index (χ1) is 17.5. The predicted octanol–water partition coefficient (Wildman–Crippen LogP) is 4.86. The van der Waals surface area contributed by atoms with Crippen LogP contribution in [0.1, 0.15) is 72.7 Å². The van der Waals surface area contributed by atoms with Gasteiger partial charge in [-0.05, 0) is 61.6 Å². The highest BCUT2D eigenvalue weighted by molar-refractivity contribution is 7.89. The second-order valence-corrected chi connectivity index (χ2v) is 13.2. The minimum atomic E-state index is -3.69. The number of carbonyl (C=O) groups is 2. The summed E-state index contributed by atoms with van der Waals surface area (Å²) in [5.74, 6) is -0.458. The largest absolute Gasteiger partial charge is 0.462 e. The van der Waals surface area contributed by atoms with Crippen molar-refractivity contribution in [2.45, 2.75) is 59.4 Å². The second kappa shape index (κ2) is 12.5. The molecule has 2 heterocycles. The van der Waals surface area contributed by atoms with E-state index in [-0.39, 0.29) is 23.3 Å². The van der Waals surface area contributed by atoms with E-state index in [1.165, 1.54) is 39.9 Å². The number of amides is 1. The Morgan fingerprint density at radius 3 is 2.24 bits per heavy atom. The summed E-state index contributed by atoms with van der Waals surface area (Å²) in [6, 6.07) is 5.98. The van der Waals surface area contributed by atoms with Crippen LogP contribution >= 0.6 is 11.3 Å². The maximum absolute atomic E-state index is 13.3. The van der Waals surface area contributed by atoms with Crippen LogP contribution in [0.25, 0.3) is 0 Å². The van der Waals surface area contributed by atoms with Gasteiger partial charge in [-0.25, -0.2) is 13.2 Å². The molecule has 37 heavy (non-hydrogen) atoms. The van der Waals surface area contributed by atoms with E-state index in [9.17, 15) is 18.0 Å². The monoisotopic (exact) mass is 549 g/mol. The number of hydrogen-bond donors (Lipinski definition) is 1. The van der Waals surface area contributed by atoms with Gasteiger partial charge in [-0.15, -0.1) is 11.3 Å². The highest BCUT2D eigenvalue weighted by atomic mass is 32.2. The van der Waals surface area contributed by atoms with Crippen molar-refractivity contribution in [3.8, 4) is 0 Å². The number of nitrogens with one attached hydrogen (secondary N) is 1. The molecule has 1 N–H and O–H groups in total. The van der Waals surface area contributed by atoms with Crippen molar-refractivity contribution in [1.82, 2.24) is 9.21 Å². The van der Waals surface area contributed by atoms with Crippen molar-refractivity contribution in [2.75, 3.05) is 38.1 Å². The third-order valence-corrected chi connectivity index (χ3v) is 9.16. The first kappa shape index (κ1) is 29.3. The number of carbonyl (C=O) groups excluding carboxylic acids is 2. The average molecular weight is 550 g/mol. The number of fused-ring (bicyclic) bond motifs is 1. The third-order valence-electron chi connectivity index (χ3n) is 6.18. The molecular weight excluding hydrogens is 510 g/mol. The van der Waals surface area contributed by atoms with E-state index >= 15 is 0 Å². The molecule has 1 aromatic carbocycles. The number of sulfonamides is 1. The van der Waals surface area contributed by atoms with E-state index in [1.807, 2.05) is 27.7 Å². The number of hydrogen-bond acceptors (Lipinski definition) is 7. The zero-order valence-electron chi connectivity index (χ0n) is 22.7. The number of anilines is 1. The maximum atomic E-state index is 13.3. The minimum absolute atomic E-state index is 0.156. The van der Waals surface area contributed by atoms with Crippen LogP contribution in [0.5, 0.6) is 0 Å². The molecule has 0 saturated carbocycles. The van der Waals surface area contributed by atoms with E-state index in [0.717, 1.165) is 36.5 Å². The molecule has 0 aliphatic carbocycles. The van der Waals surface area contributed by atoms with Crippen molar-refractivity contribution < 1.29 is 22.7 Å². The van der Waals surface area contributed by atoms with Gasteiger partial charge >= 0.3 is 5.97 Å². The summed E-state index contributed by atoms with van der Waals surface area (Å²) in [5, 5.41) is 3.36. The molecule has 0 radical (unpaired) electrons. The Balaban J connectivity index is 1.85. The molecule has 2 aromatic rings. The SMILES string of the molecule is CCOC(=O)c1c(NC(=O)c2ccc(S(=O)(=O)N(CC(C)C)CC(C)C)cc2)sc2c1CCN(CC)C2. The van der Waals surface area contributed by atoms with Crippen molar-refractivity contribution in [3.63, 3.8) is 0 Å². The molecule has 0 unspecified atom stereocenters.